The largest absolute Gasteiger partial charge is 0.380 e. The number of hydrazine groups is 1. The van der Waals surface area contributed by atoms with E-state index < -0.39 is 0 Å². The van der Waals surface area contributed by atoms with Crippen LogP contribution in [0.1, 0.15) is 39.8 Å². The van der Waals surface area contributed by atoms with Crippen LogP contribution in [-0.4, -0.2) is 54.9 Å². The summed E-state index contributed by atoms with van der Waals surface area (Å²) in [6, 6.07) is 9.68. The summed E-state index contributed by atoms with van der Waals surface area (Å²) in [6.07, 6.45) is 1.81. The molecule has 11 nitrogen and oxygen atoms in total. The molecule has 0 atom stereocenters. The van der Waals surface area contributed by atoms with Crippen LogP contribution in [0.15, 0.2) is 36.5 Å². The molecule has 0 bridgehead atoms. The summed E-state index contributed by atoms with van der Waals surface area (Å²) in [5, 5.41) is 13.1. The number of hydrogen-bond acceptors (Lipinski definition) is 8. The first-order chi connectivity index (χ1) is 18.3. The Hall–Kier alpha value is -4.35. The number of benzene rings is 2. The molecule has 11 heteroatoms. The number of nitrogens with two attached hydrogens (primary N) is 1. The van der Waals surface area contributed by atoms with Crippen molar-refractivity contribution in [3.8, 4) is 11.4 Å². The van der Waals surface area contributed by atoms with Gasteiger partial charge in [-0.2, -0.15) is 10.2 Å². The van der Waals surface area contributed by atoms with Gasteiger partial charge in [-0.15, -0.1) is 0 Å². The summed E-state index contributed by atoms with van der Waals surface area (Å²) in [6.45, 7) is 7.63. The van der Waals surface area contributed by atoms with Crippen molar-refractivity contribution in [1.29, 1.82) is 0 Å². The van der Waals surface area contributed by atoms with Gasteiger partial charge in [-0.05, 0) is 56.2 Å². The first-order valence-corrected chi connectivity index (χ1v) is 12.4. The minimum absolute atomic E-state index is 0.205. The first-order valence-electron chi connectivity index (χ1n) is 12.4. The number of methoxy groups -OCH3 is 1. The molecule has 0 aliphatic rings. The van der Waals surface area contributed by atoms with Crippen molar-refractivity contribution in [3.05, 3.63) is 64.6 Å². The van der Waals surface area contributed by atoms with Crippen molar-refractivity contribution in [2.45, 2.75) is 40.5 Å². The van der Waals surface area contributed by atoms with Crippen molar-refractivity contribution in [2.75, 3.05) is 19.6 Å². The summed E-state index contributed by atoms with van der Waals surface area (Å²) in [4.78, 5) is 25.3. The Morgan fingerprint density at radius 2 is 2.00 bits per heavy atom. The van der Waals surface area contributed by atoms with E-state index in [-0.39, 0.29) is 5.91 Å². The number of nitrogens with one attached hydrogen (secondary N) is 2. The van der Waals surface area contributed by atoms with Crippen LogP contribution in [0.4, 0.5) is 5.82 Å². The minimum Gasteiger partial charge on any atom is -0.380 e. The van der Waals surface area contributed by atoms with Gasteiger partial charge in [-0.25, -0.2) is 15.8 Å². The second-order valence-electron chi connectivity index (χ2n) is 9.34. The van der Waals surface area contributed by atoms with Crippen molar-refractivity contribution in [2.24, 2.45) is 5.84 Å². The molecular formula is C27H31N9O2. The van der Waals surface area contributed by atoms with Gasteiger partial charge in [0.25, 0.3) is 5.91 Å². The molecule has 196 valence electrons. The molecule has 0 spiro atoms. The van der Waals surface area contributed by atoms with Crippen LogP contribution in [-0.2, 0) is 24.4 Å². The topological polar surface area (TPSA) is 140 Å². The summed E-state index contributed by atoms with van der Waals surface area (Å²) in [7, 11) is 3.42. The highest BCUT2D eigenvalue weighted by Gasteiger charge is 2.22. The second-order valence-corrected chi connectivity index (χ2v) is 9.34. The van der Waals surface area contributed by atoms with E-state index in [9.17, 15) is 4.79 Å². The zero-order valence-corrected chi connectivity index (χ0v) is 22.2. The fraction of sp³-hybridized carbons (Fsp3) is 0.296. The maximum Gasteiger partial charge on any atom is 0.273 e. The van der Waals surface area contributed by atoms with Crippen LogP contribution in [0.5, 0.6) is 0 Å². The Morgan fingerprint density at radius 1 is 1.18 bits per heavy atom. The molecule has 3 heterocycles. The fourth-order valence-electron chi connectivity index (χ4n) is 4.71. The second kappa shape index (κ2) is 10.2. The standard InChI is InChI=1S/C27H31N9O2/c1-6-36-16(3)18(12-29-36)13-35(4)27(37)24-20-10-17(14-38-5)7-8-22(20)30-25(31-24)19-11-21-23(9-15(19)2)33-34-26(21)32-28/h7-12H,6,13-14,28H2,1-5H3,(H2,32,33,34). The summed E-state index contributed by atoms with van der Waals surface area (Å²) in [5.74, 6) is 6.42. The predicted molar refractivity (Wildman–Crippen MR) is 146 cm³/mol. The number of aromatic amines is 1. The van der Waals surface area contributed by atoms with E-state index in [1.165, 1.54) is 0 Å². The van der Waals surface area contributed by atoms with Crippen LogP contribution < -0.4 is 11.3 Å². The number of carbonyl (C=O) groups is 1. The monoisotopic (exact) mass is 513 g/mol. The van der Waals surface area contributed by atoms with Gasteiger partial charge in [0.1, 0.15) is 5.69 Å². The quantitative estimate of drug-likeness (QED) is 0.211. The lowest BCUT2D eigenvalue weighted by Crippen LogP contribution is -2.28. The molecule has 5 aromatic rings. The number of aryl methyl sites for hydroxylation is 2. The molecule has 0 aliphatic heterocycles. The number of aromatic nitrogens is 6. The number of hydrogen-bond donors (Lipinski definition) is 3. The number of H-pyrrole nitrogens is 1. The van der Waals surface area contributed by atoms with Gasteiger partial charge < -0.3 is 15.1 Å². The van der Waals surface area contributed by atoms with Crippen LogP contribution in [0.3, 0.4) is 0 Å². The number of nitrogen functional groups attached to an aromatic ring is 1. The maximum absolute atomic E-state index is 13.9. The maximum atomic E-state index is 13.9. The molecule has 0 fully saturated rings. The molecule has 5 rings (SSSR count). The van der Waals surface area contributed by atoms with Gasteiger partial charge in [0.05, 0.1) is 23.8 Å². The Morgan fingerprint density at radius 3 is 2.71 bits per heavy atom. The molecule has 0 saturated heterocycles. The van der Waals surface area contributed by atoms with E-state index in [1.54, 1.807) is 19.1 Å². The number of rotatable bonds is 8. The van der Waals surface area contributed by atoms with Gasteiger partial charge in [-0.3, -0.25) is 14.6 Å². The number of amides is 1. The summed E-state index contributed by atoms with van der Waals surface area (Å²) >= 11 is 0. The van der Waals surface area contributed by atoms with Gasteiger partial charge in [0, 0.05) is 54.8 Å². The molecule has 1 amide bonds. The van der Waals surface area contributed by atoms with Crippen molar-refractivity contribution < 1.29 is 9.53 Å². The molecule has 2 aromatic carbocycles. The Labute approximate surface area is 220 Å². The first kappa shape index (κ1) is 25.3. The average molecular weight is 514 g/mol. The molecule has 0 aliphatic carbocycles. The zero-order chi connectivity index (χ0) is 27.0. The summed E-state index contributed by atoms with van der Waals surface area (Å²) < 4.78 is 7.24. The van der Waals surface area contributed by atoms with E-state index in [4.69, 9.17) is 20.5 Å². The normalized spacial score (nSPS) is 11.4. The van der Waals surface area contributed by atoms with Crippen LogP contribution in [0.25, 0.3) is 33.2 Å². The highest BCUT2D eigenvalue weighted by atomic mass is 16.5. The molecule has 3 aromatic heterocycles. The van der Waals surface area contributed by atoms with Crippen molar-refractivity contribution in [1.82, 2.24) is 34.8 Å². The van der Waals surface area contributed by atoms with Crippen LogP contribution in [0.2, 0.25) is 0 Å². The Bertz CT molecular complexity index is 1650. The number of fused-ring (bicyclic) bond motifs is 2. The Balaban J connectivity index is 1.64. The van der Waals surface area contributed by atoms with Gasteiger partial charge in [-0.1, -0.05) is 6.07 Å². The van der Waals surface area contributed by atoms with Crippen molar-refractivity contribution >= 4 is 33.5 Å². The third kappa shape index (κ3) is 4.46. The highest BCUT2D eigenvalue weighted by Crippen LogP contribution is 2.31. The fourth-order valence-corrected chi connectivity index (χ4v) is 4.71. The molecular weight excluding hydrogens is 482 g/mol. The number of anilines is 1. The Kier molecular flexibility index (Phi) is 6.79. The average Bonchev–Trinajstić information content (AvgIpc) is 3.49. The van der Waals surface area contributed by atoms with E-state index in [0.717, 1.165) is 45.4 Å². The minimum atomic E-state index is -0.205. The summed E-state index contributed by atoms with van der Waals surface area (Å²) in [5.41, 5.74) is 9.14. The SMILES string of the molecule is CCn1ncc(CN(C)C(=O)c2nc(-c3cc4c(NN)n[nH]c4cc3C)nc3ccc(COC)cc23)c1C. The van der Waals surface area contributed by atoms with E-state index >= 15 is 0 Å². The van der Waals surface area contributed by atoms with Crippen LogP contribution in [0, 0.1) is 13.8 Å². The highest BCUT2D eigenvalue weighted by molar-refractivity contribution is 6.05. The smallest absolute Gasteiger partial charge is 0.273 e. The number of nitrogens with zero attached hydrogens (tertiary/aromatic N) is 6. The van der Waals surface area contributed by atoms with Crippen LogP contribution >= 0.6 is 0 Å². The zero-order valence-electron chi connectivity index (χ0n) is 22.2. The van der Waals surface area contributed by atoms with Gasteiger partial charge in [0.2, 0.25) is 0 Å². The third-order valence-corrected chi connectivity index (χ3v) is 6.82. The lowest BCUT2D eigenvalue weighted by atomic mass is 10.0. The van der Waals surface area contributed by atoms with E-state index in [0.29, 0.717) is 41.4 Å². The third-order valence-electron chi connectivity index (χ3n) is 6.82. The lowest BCUT2D eigenvalue weighted by molar-refractivity contribution is 0.0781. The lowest BCUT2D eigenvalue weighted by Gasteiger charge is -2.19. The number of ether oxygens (including phenoxy) is 1. The van der Waals surface area contributed by atoms with Crippen molar-refractivity contribution in [3.63, 3.8) is 0 Å². The van der Waals surface area contributed by atoms with E-state index in [2.05, 4.69) is 20.7 Å². The molecule has 0 unspecified atom stereocenters. The predicted octanol–water partition coefficient (Wildman–Crippen LogP) is 3.71. The number of carbonyl (C=O) groups excluding carboxylic acids is 1. The van der Waals surface area contributed by atoms with Gasteiger partial charge >= 0.3 is 0 Å². The molecule has 0 saturated carbocycles. The molecule has 4 N–H and O–H groups in total. The van der Waals surface area contributed by atoms with Gasteiger partial charge in [0.15, 0.2) is 11.6 Å². The van der Waals surface area contributed by atoms with E-state index in [1.807, 2.05) is 62.0 Å². The molecule has 0 radical (unpaired) electrons. The molecule has 38 heavy (non-hydrogen) atoms.